The van der Waals surface area contributed by atoms with Crippen molar-refractivity contribution in [2.24, 2.45) is 11.8 Å². The first-order chi connectivity index (χ1) is 8.18. The van der Waals surface area contributed by atoms with Gasteiger partial charge in [0, 0.05) is 18.0 Å². The molecule has 1 aromatic carbocycles. The molecule has 2 atom stereocenters. The molecule has 94 valence electrons. The van der Waals surface area contributed by atoms with E-state index in [1.54, 1.807) is 0 Å². The first-order valence-electron chi connectivity index (χ1n) is 6.61. The monoisotopic (exact) mass is 233 g/mol. The van der Waals surface area contributed by atoms with Crippen molar-refractivity contribution in [3.05, 3.63) is 29.8 Å². The third-order valence-corrected chi connectivity index (χ3v) is 3.79. The lowest BCUT2D eigenvalue weighted by Gasteiger charge is -2.17. The van der Waals surface area contributed by atoms with Crippen LogP contribution in [0.5, 0.6) is 5.75 Å². The van der Waals surface area contributed by atoms with Crippen molar-refractivity contribution in [2.75, 3.05) is 19.7 Å². The highest BCUT2D eigenvalue weighted by atomic mass is 16.5. The lowest BCUT2D eigenvalue weighted by molar-refractivity contribution is 0.319. The summed E-state index contributed by atoms with van der Waals surface area (Å²) in [5.74, 6) is 3.06. The number of rotatable bonds is 5. The average Bonchev–Trinajstić information content (AvgIpc) is 2.72. The highest BCUT2D eigenvalue weighted by Crippen LogP contribution is 2.32. The largest absolute Gasteiger partial charge is 0.493 e. The van der Waals surface area contributed by atoms with E-state index in [9.17, 15) is 0 Å². The van der Waals surface area contributed by atoms with Gasteiger partial charge < -0.3 is 10.1 Å². The van der Waals surface area contributed by atoms with E-state index >= 15 is 0 Å². The van der Waals surface area contributed by atoms with Crippen LogP contribution in [0.25, 0.3) is 0 Å². The Hall–Kier alpha value is -1.02. The number of para-hydroxylation sites is 1. The molecular weight excluding hydrogens is 210 g/mol. The number of benzene rings is 1. The quantitative estimate of drug-likeness (QED) is 0.844. The van der Waals surface area contributed by atoms with Gasteiger partial charge in [0.15, 0.2) is 0 Å². The van der Waals surface area contributed by atoms with Gasteiger partial charge in [-0.2, -0.15) is 0 Å². The number of nitrogens with one attached hydrogen (secondary N) is 1. The average molecular weight is 233 g/mol. The molecule has 1 N–H and O–H groups in total. The zero-order valence-corrected chi connectivity index (χ0v) is 11.1. The summed E-state index contributed by atoms with van der Waals surface area (Å²) in [4.78, 5) is 0. The van der Waals surface area contributed by atoms with Gasteiger partial charge >= 0.3 is 0 Å². The second-order valence-corrected chi connectivity index (χ2v) is 5.43. The third kappa shape index (κ3) is 3.01. The molecule has 1 aliphatic rings. The van der Waals surface area contributed by atoms with Gasteiger partial charge in [0.1, 0.15) is 5.75 Å². The Balaban J connectivity index is 1.82. The molecular formula is C15H23NO. The fraction of sp³-hybridized carbons (Fsp3) is 0.600. The lowest BCUT2D eigenvalue weighted by atomic mass is 9.97. The van der Waals surface area contributed by atoms with Gasteiger partial charge in [0.2, 0.25) is 0 Å². The van der Waals surface area contributed by atoms with E-state index in [0.29, 0.717) is 5.92 Å². The normalized spacial score (nSPS) is 20.1. The zero-order valence-electron chi connectivity index (χ0n) is 11.1. The zero-order chi connectivity index (χ0) is 12.3. The van der Waals surface area contributed by atoms with Crippen molar-refractivity contribution in [1.29, 1.82) is 0 Å². The molecule has 0 spiro atoms. The van der Waals surface area contributed by atoms with Crippen molar-refractivity contribution in [3.63, 3.8) is 0 Å². The summed E-state index contributed by atoms with van der Waals surface area (Å²) in [6, 6.07) is 8.37. The van der Waals surface area contributed by atoms with Gasteiger partial charge in [0.25, 0.3) is 0 Å². The fourth-order valence-electron chi connectivity index (χ4n) is 2.12. The van der Waals surface area contributed by atoms with Crippen molar-refractivity contribution in [3.8, 4) is 5.75 Å². The first kappa shape index (κ1) is 12.4. The smallest absolute Gasteiger partial charge is 0.122 e. The van der Waals surface area contributed by atoms with Crippen LogP contribution in [0, 0.1) is 11.8 Å². The third-order valence-electron chi connectivity index (χ3n) is 3.79. The Morgan fingerprint density at radius 2 is 2.06 bits per heavy atom. The Labute approximate surface area is 104 Å². The molecule has 2 unspecified atom stereocenters. The molecule has 2 nitrogen and oxygen atoms in total. The van der Waals surface area contributed by atoms with Gasteiger partial charge in [-0.3, -0.25) is 0 Å². The van der Waals surface area contributed by atoms with Crippen molar-refractivity contribution in [1.82, 2.24) is 5.32 Å². The molecule has 1 heterocycles. The van der Waals surface area contributed by atoms with Gasteiger partial charge in [-0.15, -0.1) is 0 Å². The summed E-state index contributed by atoms with van der Waals surface area (Å²) < 4.78 is 5.68. The first-order valence-corrected chi connectivity index (χ1v) is 6.61. The molecule has 1 aromatic rings. The maximum absolute atomic E-state index is 5.68. The van der Waals surface area contributed by atoms with Crippen LogP contribution >= 0.6 is 0 Å². The van der Waals surface area contributed by atoms with E-state index in [1.807, 2.05) is 6.07 Å². The topological polar surface area (TPSA) is 21.3 Å². The summed E-state index contributed by atoms with van der Waals surface area (Å²) in [6.45, 7) is 9.80. The van der Waals surface area contributed by atoms with Crippen molar-refractivity contribution in [2.45, 2.75) is 26.7 Å². The molecule has 0 saturated heterocycles. The highest BCUT2D eigenvalue weighted by molar-refractivity contribution is 5.39. The predicted octanol–water partition coefficient (Wildman–Crippen LogP) is 3.04. The minimum atomic E-state index is 0.519. The molecule has 0 radical (unpaired) electrons. The Bertz CT molecular complexity index is 362. The number of hydrogen-bond acceptors (Lipinski definition) is 2. The van der Waals surface area contributed by atoms with E-state index in [1.165, 1.54) is 5.56 Å². The molecule has 0 amide bonds. The molecule has 0 aromatic heterocycles. The van der Waals surface area contributed by atoms with Crippen molar-refractivity contribution < 1.29 is 4.74 Å². The van der Waals surface area contributed by atoms with E-state index < -0.39 is 0 Å². The molecule has 2 rings (SSSR count). The van der Waals surface area contributed by atoms with Crippen LogP contribution in [-0.2, 0) is 0 Å². The SMILES string of the molecule is CC(C)C(C)CNCC1COc2ccccc21. The molecule has 0 saturated carbocycles. The maximum atomic E-state index is 5.68. The standard InChI is InChI=1S/C15H23NO/c1-11(2)12(3)8-16-9-13-10-17-15-7-5-4-6-14(13)15/h4-7,11-13,16H,8-10H2,1-3H3. The maximum Gasteiger partial charge on any atom is 0.122 e. The number of hydrogen-bond donors (Lipinski definition) is 1. The molecule has 17 heavy (non-hydrogen) atoms. The lowest BCUT2D eigenvalue weighted by Crippen LogP contribution is -2.28. The van der Waals surface area contributed by atoms with Crippen LogP contribution in [0.4, 0.5) is 0 Å². The highest BCUT2D eigenvalue weighted by Gasteiger charge is 2.23. The summed E-state index contributed by atoms with van der Waals surface area (Å²) in [5.41, 5.74) is 1.36. The Morgan fingerprint density at radius 1 is 1.29 bits per heavy atom. The van der Waals surface area contributed by atoms with Crippen LogP contribution in [-0.4, -0.2) is 19.7 Å². The van der Waals surface area contributed by atoms with Gasteiger partial charge in [-0.05, 0) is 24.4 Å². The molecule has 0 fully saturated rings. The second kappa shape index (κ2) is 5.54. The molecule has 0 bridgehead atoms. The molecule has 2 heteroatoms. The summed E-state index contributed by atoms with van der Waals surface area (Å²) in [6.07, 6.45) is 0. The fourth-order valence-corrected chi connectivity index (χ4v) is 2.12. The van der Waals surface area contributed by atoms with E-state index in [-0.39, 0.29) is 0 Å². The van der Waals surface area contributed by atoms with Crippen molar-refractivity contribution >= 4 is 0 Å². The predicted molar refractivity (Wildman–Crippen MR) is 71.5 cm³/mol. The van der Waals surface area contributed by atoms with Crippen LogP contribution in [0.1, 0.15) is 32.3 Å². The summed E-state index contributed by atoms with van der Waals surface area (Å²) in [5, 5.41) is 3.57. The van der Waals surface area contributed by atoms with Gasteiger partial charge in [-0.25, -0.2) is 0 Å². The second-order valence-electron chi connectivity index (χ2n) is 5.43. The van der Waals surface area contributed by atoms with Crippen LogP contribution in [0.3, 0.4) is 0 Å². The minimum Gasteiger partial charge on any atom is -0.493 e. The van der Waals surface area contributed by atoms with E-state index in [4.69, 9.17) is 4.74 Å². The van der Waals surface area contributed by atoms with Gasteiger partial charge in [0.05, 0.1) is 6.61 Å². The Morgan fingerprint density at radius 3 is 2.82 bits per heavy atom. The van der Waals surface area contributed by atoms with E-state index in [0.717, 1.165) is 37.3 Å². The molecule has 1 aliphatic heterocycles. The summed E-state index contributed by atoms with van der Waals surface area (Å²) in [7, 11) is 0. The van der Waals surface area contributed by atoms with Gasteiger partial charge in [-0.1, -0.05) is 39.0 Å². The molecule has 0 aliphatic carbocycles. The van der Waals surface area contributed by atoms with Crippen LogP contribution in [0.2, 0.25) is 0 Å². The summed E-state index contributed by atoms with van der Waals surface area (Å²) >= 11 is 0. The van der Waals surface area contributed by atoms with Crippen LogP contribution < -0.4 is 10.1 Å². The Kier molecular flexibility index (Phi) is 4.06. The number of fused-ring (bicyclic) bond motifs is 1. The van der Waals surface area contributed by atoms with Crippen LogP contribution in [0.15, 0.2) is 24.3 Å². The minimum absolute atomic E-state index is 0.519. The van der Waals surface area contributed by atoms with E-state index in [2.05, 4.69) is 44.3 Å². The number of ether oxygens (including phenoxy) is 1.